The smallest absolute Gasteiger partial charge is 0.334 e. The average molecular weight is 246 g/mol. The third kappa shape index (κ3) is 2.43. The number of rotatable bonds is 1. The second-order valence-corrected chi connectivity index (χ2v) is 3.37. The van der Waals surface area contributed by atoms with Crippen molar-refractivity contribution < 1.29 is 22.1 Å². The van der Waals surface area contributed by atoms with Gasteiger partial charge in [0.2, 0.25) is 0 Å². The Kier molecular flexibility index (Phi) is 2.60. The lowest BCUT2D eigenvalue weighted by atomic mass is 10.1. The first-order valence-corrected chi connectivity index (χ1v) is 4.55. The largest absolute Gasteiger partial charge is 0.416 e. The molecule has 0 aliphatic heterocycles. The predicted molar refractivity (Wildman–Crippen MR) is 49.4 cm³/mol. The van der Waals surface area contributed by atoms with E-state index in [1.807, 2.05) is 0 Å². The van der Waals surface area contributed by atoms with Gasteiger partial charge in [-0.25, -0.2) is 4.39 Å². The van der Waals surface area contributed by atoms with Gasteiger partial charge in [-0.2, -0.15) is 18.2 Å². The van der Waals surface area contributed by atoms with Crippen molar-refractivity contribution in [3.63, 3.8) is 0 Å². The molecule has 0 bridgehead atoms. The molecule has 90 valence electrons. The van der Waals surface area contributed by atoms with Gasteiger partial charge < -0.3 is 4.52 Å². The Morgan fingerprint density at radius 1 is 1.18 bits per heavy atom. The van der Waals surface area contributed by atoms with E-state index in [2.05, 4.69) is 14.7 Å². The predicted octanol–water partition coefficient (Wildman–Crippen LogP) is 3.20. The van der Waals surface area contributed by atoms with E-state index in [1.165, 1.54) is 6.92 Å². The zero-order chi connectivity index (χ0) is 12.6. The highest BCUT2D eigenvalue weighted by molar-refractivity contribution is 5.54. The maximum atomic E-state index is 13.1. The fraction of sp³-hybridized carbons (Fsp3) is 0.200. The lowest BCUT2D eigenvalue weighted by Gasteiger charge is -2.07. The molecule has 0 radical (unpaired) electrons. The summed E-state index contributed by atoms with van der Waals surface area (Å²) in [6.07, 6.45) is -4.62. The number of hydrogen-bond donors (Lipinski definition) is 0. The summed E-state index contributed by atoms with van der Waals surface area (Å²) in [6, 6.07) is 2.07. The van der Waals surface area contributed by atoms with Crippen LogP contribution in [0.3, 0.4) is 0 Å². The molecule has 0 fully saturated rings. The number of aromatic nitrogens is 2. The highest BCUT2D eigenvalue weighted by Gasteiger charge is 2.31. The summed E-state index contributed by atoms with van der Waals surface area (Å²) in [6.45, 7) is 1.51. The summed E-state index contributed by atoms with van der Waals surface area (Å²) in [7, 11) is 0. The molecule has 2 aromatic rings. The SMILES string of the molecule is Cc1noc(-c2cc(F)cc(C(F)(F)F)c2)n1. The molecule has 1 aromatic carbocycles. The fourth-order valence-electron chi connectivity index (χ4n) is 1.29. The van der Waals surface area contributed by atoms with Crippen LogP contribution in [0.25, 0.3) is 11.5 Å². The quantitative estimate of drug-likeness (QED) is 0.725. The van der Waals surface area contributed by atoms with Gasteiger partial charge in [0.1, 0.15) is 5.82 Å². The second-order valence-electron chi connectivity index (χ2n) is 3.37. The number of aryl methyl sites for hydroxylation is 1. The lowest BCUT2D eigenvalue weighted by molar-refractivity contribution is -0.137. The van der Waals surface area contributed by atoms with Crippen LogP contribution >= 0.6 is 0 Å². The maximum absolute atomic E-state index is 13.1. The summed E-state index contributed by atoms with van der Waals surface area (Å²) in [5, 5.41) is 3.42. The highest BCUT2D eigenvalue weighted by atomic mass is 19.4. The lowest BCUT2D eigenvalue weighted by Crippen LogP contribution is -2.05. The molecule has 0 spiro atoms. The zero-order valence-electron chi connectivity index (χ0n) is 8.55. The molecule has 3 nitrogen and oxygen atoms in total. The minimum absolute atomic E-state index is 0.0991. The molecule has 1 heterocycles. The molecule has 0 aliphatic rings. The van der Waals surface area contributed by atoms with Crippen LogP contribution in [0, 0.1) is 12.7 Å². The van der Waals surface area contributed by atoms with Crippen LogP contribution in [-0.2, 0) is 6.18 Å². The van der Waals surface area contributed by atoms with Crippen LogP contribution in [0.4, 0.5) is 17.6 Å². The summed E-state index contributed by atoms with van der Waals surface area (Å²) >= 11 is 0. The van der Waals surface area contributed by atoms with Gasteiger partial charge in [-0.3, -0.25) is 0 Å². The molecule has 7 heteroatoms. The molecular formula is C10H6F4N2O. The standard InChI is InChI=1S/C10H6F4N2O/c1-5-15-9(17-16-5)6-2-7(10(12,13)14)4-8(11)3-6/h2-4H,1H3. The van der Waals surface area contributed by atoms with Crippen LogP contribution in [0.2, 0.25) is 0 Å². The van der Waals surface area contributed by atoms with Gasteiger partial charge in [0.15, 0.2) is 5.82 Å². The van der Waals surface area contributed by atoms with Crippen molar-refractivity contribution in [2.75, 3.05) is 0 Å². The Labute approximate surface area is 93.1 Å². The maximum Gasteiger partial charge on any atom is 0.416 e. The van der Waals surface area contributed by atoms with E-state index in [4.69, 9.17) is 0 Å². The minimum Gasteiger partial charge on any atom is -0.334 e. The molecule has 0 aliphatic carbocycles. The van der Waals surface area contributed by atoms with Crippen molar-refractivity contribution in [2.45, 2.75) is 13.1 Å². The van der Waals surface area contributed by atoms with E-state index in [9.17, 15) is 17.6 Å². The molecule has 0 atom stereocenters. The second kappa shape index (κ2) is 3.83. The van der Waals surface area contributed by atoms with Crippen molar-refractivity contribution >= 4 is 0 Å². The molecule has 2 rings (SSSR count). The van der Waals surface area contributed by atoms with Crippen molar-refractivity contribution in [2.24, 2.45) is 0 Å². The Morgan fingerprint density at radius 3 is 2.41 bits per heavy atom. The van der Waals surface area contributed by atoms with Gasteiger partial charge >= 0.3 is 6.18 Å². The first kappa shape index (κ1) is 11.6. The number of alkyl halides is 3. The zero-order valence-corrected chi connectivity index (χ0v) is 8.55. The first-order valence-electron chi connectivity index (χ1n) is 4.55. The summed E-state index contributed by atoms with van der Waals surface area (Å²) < 4.78 is 55.0. The van der Waals surface area contributed by atoms with Crippen LogP contribution < -0.4 is 0 Å². The van der Waals surface area contributed by atoms with Crippen molar-refractivity contribution in [1.29, 1.82) is 0 Å². The Hall–Kier alpha value is -1.92. The molecule has 17 heavy (non-hydrogen) atoms. The van der Waals surface area contributed by atoms with E-state index in [0.717, 1.165) is 12.1 Å². The van der Waals surface area contributed by atoms with E-state index >= 15 is 0 Å². The third-order valence-corrected chi connectivity index (χ3v) is 2.00. The summed E-state index contributed by atoms with van der Waals surface area (Å²) in [4.78, 5) is 3.73. The van der Waals surface area contributed by atoms with Crippen LogP contribution in [0.15, 0.2) is 22.7 Å². The van der Waals surface area contributed by atoms with E-state index in [0.29, 0.717) is 6.07 Å². The van der Waals surface area contributed by atoms with E-state index < -0.39 is 17.6 Å². The van der Waals surface area contributed by atoms with Crippen molar-refractivity contribution in [3.8, 4) is 11.5 Å². The highest BCUT2D eigenvalue weighted by Crippen LogP contribution is 2.32. The number of hydrogen-bond acceptors (Lipinski definition) is 3. The molecule has 0 N–H and O–H groups in total. The first-order chi connectivity index (χ1) is 7.86. The van der Waals surface area contributed by atoms with Gasteiger partial charge in [-0.1, -0.05) is 5.16 Å². The Balaban J connectivity index is 2.52. The van der Waals surface area contributed by atoms with Gasteiger partial charge in [0, 0.05) is 5.56 Å². The Morgan fingerprint density at radius 2 is 1.88 bits per heavy atom. The molecule has 0 unspecified atom stereocenters. The summed E-state index contributed by atoms with van der Waals surface area (Å²) in [5.74, 6) is -0.893. The van der Waals surface area contributed by atoms with Crippen LogP contribution in [-0.4, -0.2) is 10.1 Å². The monoisotopic (exact) mass is 246 g/mol. The van der Waals surface area contributed by atoms with Gasteiger partial charge in [0.05, 0.1) is 5.56 Å². The normalized spacial score (nSPS) is 11.8. The topological polar surface area (TPSA) is 38.9 Å². The number of nitrogens with zero attached hydrogens (tertiary/aromatic N) is 2. The van der Waals surface area contributed by atoms with E-state index in [-0.39, 0.29) is 17.3 Å². The third-order valence-electron chi connectivity index (χ3n) is 2.00. The van der Waals surface area contributed by atoms with Gasteiger partial charge in [-0.05, 0) is 25.1 Å². The molecule has 0 amide bonds. The van der Waals surface area contributed by atoms with Crippen LogP contribution in [0.5, 0.6) is 0 Å². The van der Waals surface area contributed by atoms with Gasteiger partial charge in [-0.15, -0.1) is 0 Å². The van der Waals surface area contributed by atoms with Gasteiger partial charge in [0.25, 0.3) is 5.89 Å². The van der Waals surface area contributed by atoms with Crippen molar-refractivity contribution in [1.82, 2.24) is 10.1 Å². The fourth-order valence-corrected chi connectivity index (χ4v) is 1.29. The minimum atomic E-state index is -4.62. The van der Waals surface area contributed by atoms with E-state index in [1.54, 1.807) is 0 Å². The number of halogens is 4. The molecule has 1 aromatic heterocycles. The summed E-state index contributed by atoms with van der Waals surface area (Å²) in [5.41, 5.74) is -1.19. The molecule has 0 saturated heterocycles. The molecule has 0 saturated carbocycles. The molecular weight excluding hydrogens is 240 g/mol. The Bertz CT molecular complexity index is 547. The average Bonchev–Trinajstić information content (AvgIpc) is 2.62. The van der Waals surface area contributed by atoms with Crippen molar-refractivity contribution in [3.05, 3.63) is 35.4 Å². The van der Waals surface area contributed by atoms with Crippen LogP contribution in [0.1, 0.15) is 11.4 Å². The number of benzene rings is 1.